The molecule has 14 heavy (non-hydrogen) atoms. The van der Waals surface area contributed by atoms with Crippen LogP contribution < -0.4 is 4.90 Å². The number of hydrogen-bond acceptors (Lipinski definition) is 4. The molecule has 1 saturated heterocycles. The topological polar surface area (TPSA) is 42.2 Å². The maximum Gasteiger partial charge on any atom is 0.299 e. The Morgan fingerprint density at radius 2 is 2.14 bits per heavy atom. The van der Waals surface area contributed by atoms with E-state index >= 15 is 0 Å². The zero-order valence-corrected chi connectivity index (χ0v) is 7.81. The van der Waals surface area contributed by atoms with Crippen LogP contribution in [0.25, 0.3) is 11.2 Å². The molecule has 0 unspecified atom stereocenters. The van der Waals surface area contributed by atoms with E-state index in [0.717, 1.165) is 24.7 Å². The van der Waals surface area contributed by atoms with E-state index in [-0.39, 0.29) is 0 Å². The number of rotatable bonds is 1. The molecule has 0 bridgehead atoms. The molecule has 4 nitrogen and oxygen atoms in total. The molecule has 1 aliphatic rings. The lowest BCUT2D eigenvalue weighted by Gasteiger charge is -2.09. The number of anilines is 1. The first kappa shape index (κ1) is 7.79. The minimum atomic E-state index is 0.703. The van der Waals surface area contributed by atoms with Gasteiger partial charge in [0.1, 0.15) is 0 Å². The highest BCUT2D eigenvalue weighted by Crippen LogP contribution is 2.22. The van der Waals surface area contributed by atoms with Crippen LogP contribution in [0.3, 0.4) is 0 Å². The van der Waals surface area contributed by atoms with Crippen molar-refractivity contribution in [2.75, 3.05) is 18.0 Å². The van der Waals surface area contributed by atoms with E-state index in [2.05, 4.69) is 14.9 Å². The molecule has 0 radical (unpaired) electrons. The number of oxazole rings is 1. The zero-order valence-electron chi connectivity index (χ0n) is 7.81. The van der Waals surface area contributed by atoms with Gasteiger partial charge < -0.3 is 9.32 Å². The summed E-state index contributed by atoms with van der Waals surface area (Å²) in [6.45, 7) is 2.10. The summed E-state index contributed by atoms with van der Waals surface area (Å²) in [7, 11) is 0. The fourth-order valence-corrected chi connectivity index (χ4v) is 1.80. The SMILES string of the molecule is c1cnc2nc(N3CCCC3)oc2c1. The van der Waals surface area contributed by atoms with Crippen molar-refractivity contribution in [1.29, 1.82) is 0 Å². The standard InChI is InChI=1S/C10H11N3O/c1-2-7-13(6-1)10-12-9-8(14-10)4-3-5-11-9/h3-5H,1-2,6-7H2. The third-order valence-corrected chi connectivity index (χ3v) is 2.53. The molecule has 0 atom stereocenters. The molecule has 2 aromatic rings. The normalized spacial score (nSPS) is 16.7. The Balaban J connectivity index is 2.05. The van der Waals surface area contributed by atoms with Crippen molar-refractivity contribution in [3.8, 4) is 0 Å². The highest BCUT2D eigenvalue weighted by Gasteiger charge is 2.17. The number of pyridine rings is 1. The van der Waals surface area contributed by atoms with Gasteiger partial charge in [-0.05, 0) is 25.0 Å². The average molecular weight is 189 g/mol. The lowest BCUT2D eigenvalue weighted by Crippen LogP contribution is -2.17. The van der Waals surface area contributed by atoms with E-state index in [1.54, 1.807) is 6.20 Å². The number of aromatic nitrogens is 2. The first-order valence-corrected chi connectivity index (χ1v) is 4.90. The Hall–Kier alpha value is -1.58. The number of nitrogens with zero attached hydrogens (tertiary/aromatic N) is 3. The van der Waals surface area contributed by atoms with Gasteiger partial charge in [0.2, 0.25) is 5.65 Å². The minimum Gasteiger partial charge on any atom is -0.422 e. The second-order valence-electron chi connectivity index (χ2n) is 3.52. The van der Waals surface area contributed by atoms with Crippen molar-refractivity contribution in [2.45, 2.75) is 12.8 Å². The molecular weight excluding hydrogens is 178 g/mol. The predicted octanol–water partition coefficient (Wildman–Crippen LogP) is 1.82. The molecular formula is C10H11N3O. The van der Waals surface area contributed by atoms with Crippen LogP contribution in [-0.4, -0.2) is 23.1 Å². The van der Waals surface area contributed by atoms with E-state index in [1.165, 1.54) is 12.8 Å². The molecule has 0 spiro atoms. The third-order valence-electron chi connectivity index (χ3n) is 2.53. The Morgan fingerprint density at radius 3 is 2.93 bits per heavy atom. The van der Waals surface area contributed by atoms with E-state index in [4.69, 9.17) is 4.42 Å². The summed E-state index contributed by atoms with van der Waals surface area (Å²) in [5.74, 6) is 0. The molecule has 0 saturated carbocycles. The largest absolute Gasteiger partial charge is 0.422 e. The van der Waals surface area contributed by atoms with Crippen molar-refractivity contribution >= 4 is 17.2 Å². The van der Waals surface area contributed by atoms with E-state index < -0.39 is 0 Å². The fourth-order valence-electron chi connectivity index (χ4n) is 1.80. The summed E-state index contributed by atoms with van der Waals surface area (Å²) in [4.78, 5) is 10.7. The summed E-state index contributed by atoms with van der Waals surface area (Å²) >= 11 is 0. The fraction of sp³-hybridized carbons (Fsp3) is 0.400. The molecule has 72 valence electrons. The Morgan fingerprint density at radius 1 is 1.29 bits per heavy atom. The van der Waals surface area contributed by atoms with Crippen LogP contribution in [0.15, 0.2) is 22.7 Å². The first-order chi connectivity index (χ1) is 6.93. The summed E-state index contributed by atoms with van der Waals surface area (Å²) < 4.78 is 5.60. The highest BCUT2D eigenvalue weighted by molar-refractivity contribution is 5.69. The van der Waals surface area contributed by atoms with Gasteiger partial charge in [0.15, 0.2) is 5.58 Å². The van der Waals surface area contributed by atoms with Crippen LogP contribution in [0.2, 0.25) is 0 Å². The van der Waals surface area contributed by atoms with Crippen LogP contribution >= 0.6 is 0 Å². The van der Waals surface area contributed by atoms with Gasteiger partial charge in [-0.1, -0.05) is 0 Å². The monoisotopic (exact) mass is 189 g/mol. The minimum absolute atomic E-state index is 0.703. The molecule has 1 fully saturated rings. The summed E-state index contributed by atoms with van der Waals surface area (Å²) in [5, 5.41) is 0. The van der Waals surface area contributed by atoms with Crippen molar-refractivity contribution in [2.24, 2.45) is 0 Å². The average Bonchev–Trinajstić information content (AvgIpc) is 2.86. The predicted molar refractivity (Wildman–Crippen MR) is 53.3 cm³/mol. The van der Waals surface area contributed by atoms with Crippen LogP contribution in [-0.2, 0) is 0 Å². The Labute approximate surface area is 81.6 Å². The zero-order chi connectivity index (χ0) is 9.38. The van der Waals surface area contributed by atoms with Gasteiger partial charge in [0, 0.05) is 19.3 Å². The van der Waals surface area contributed by atoms with E-state index in [1.807, 2.05) is 12.1 Å². The van der Waals surface area contributed by atoms with E-state index in [0.29, 0.717) is 5.65 Å². The number of hydrogen-bond donors (Lipinski definition) is 0. The lowest BCUT2D eigenvalue weighted by atomic mass is 10.4. The van der Waals surface area contributed by atoms with Gasteiger partial charge in [0.25, 0.3) is 6.01 Å². The van der Waals surface area contributed by atoms with Crippen LogP contribution in [0.5, 0.6) is 0 Å². The van der Waals surface area contributed by atoms with Gasteiger partial charge in [0.05, 0.1) is 0 Å². The molecule has 4 heteroatoms. The maximum atomic E-state index is 5.60. The first-order valence-electron chi connectivity index (χ1n) is 4.90. The Bertz CT molecular complexity index is 412. The quantitative estimate of drug-likeness (QED) is 0.686. The molecule has 3 heterocycles. The van der Waals surface area contributed by atoms with E-state index in [9.17, 15) is 0 Å². The van der Waals surface area contributed by atoms with Crippen LogP contribution in [0, 0.1) is 0 Å². The number of fused-ring (bicyclic) bond motifs is 1. The molecule has 3 rings (SSSR count). The molecule has 0 aromatic carbocycles. The van der Waals surface area contributed by atoms with Crippen LogP contribution in [0.1, 0.15) is 12.8 Å². The van der Waals surface area contributed by atoms with Crippen LogP contribution in [0.4, 0.5) is 6.01 Å². The van der Waals surface area contributed by atoms with Crippen molar-refractivity contribution in [1.82, 2.24) is 9.97 Å². The van der Waals surface area contributed by atoms with Crippen molar-refractivity contribution in [3.05, 3.63) is 18.3 Å². The maximum absolute atomic E-state index is 5.60. The lowest BCUT2D eigenvalue weighted by molar-refractivity contribution is 0.585. The van der Waals surface area contributed by atoms with Crippen molar-refractivity contribution < 1.29 is 4.42 Å². The molecule has 2 aromatic heterocycles. The van der Waals surface area contributed by atoms with Gasteiger partial charge in [-0.15, -0.1) is 0 Å². The summed E-state index contributed by atoms with van der Waals surface area (Å²) in [5.41, 5.74) is 1.48. The van der Waals surface area contributed by atoms with Crippen molar-refractivity contribution in [3.63, 3.8) is 0 Å². The molecule has 0 N–H and O–H groups in total. The Kier molecular flexibility index (Phi) is 1.65. The van der Waals surface area contributed by atoms with Gasteiger partial charge in [-0.3, -0.25) is 0 Å². The molecule has 1 aliphatic heterocycles. The second-order valence-corrected chi connectivity index (χ2v) is 3.52. The van der Waals surface area contributed by atoms with Gasteiger partial charge >= 0.3 is 0 Å². The van der Waals surface area contributed by atoms with Gasteiger partial charge in [-0.25, -0.2) is 4.98 Å². The summed E-state index contributed by atoms with van der Waals surface area (Å²) in [6, 6.07) is 4.48. The summed E-state index contributed by atoms with van der Waals surface area (Å²) in [6.07, 6.45) is 4.19. The smallest absolute Gasteiger partial charge is 0.299 e. The highest BCUT2D eigenvalue weighted by atomic mass is 16.4. The van der Waals surface area contributed by atoms with Gasteiger partial charge in [-0.2, -0.15) is 4.98 Å². The molecule has 0 amide bonds. The third kappa shape index (κ3) is 1.14. The second kappa shape index (κ2) is 2.97. The molecule has 0 aliphatic carbocycles.